The number of aryl methyl sites for hydroxylation is 1. The molecule has 170 valence electrons. The first-order valence-corrected chi connectivity index (χ1v) is 11.9. The summed E-state index contributed by atoms with van der Waals surface area (Å²) in [5, 5.41) is 12.5. The van der Waals surface area contributed by atoms with E-state index in [1.54, 1.807) is 0 Å². The van der Waals surface area contributed by atoms with E-state index in [4.69, 9.17) is 14.4 Å². The molecule has 35 heavy (non-hydrogen) atoms. The molecule has 0 bridgehead atoms. The molecule has 2 aliphatic rings. The molecule has 0 saturated carbocycles. The van der Waals surface area contributed by atoms with Crippen LogP contribution in [0.15, 0.2) is 107 Å². The molecule has 5 nitrogen and oxygen atoms in total. The second kappa shape index (κ2) is 7.84. The molecule has 3 heterocycles. The van der Waals surface area contributed by atoms with E-state index in [-0.39, 0.29) is 12.3 Å². The summed E-state index contributed by atoms with van der Waals surface area (Å²) in [4.78, 5) is 0. The molecule has 0 N–H and O–H groups in total. The van der Waals surface area contributed by atoms with Crippen LogP contribution in [0.4, 0.5) is 0 Å². The van der Waals surface area contributed by atoms with Crippen LogP contribution in [-0.4, -0.2) is 15.9 Å². The number of hydrazone groups is 1. The van der Waals surface area contributed by atoms with Crippen LogP contribution in [0.2, 0.25) is 0 Å². The quantitative estimate of drug-likeness (QED) is 0.291. The lowest BCUT2D eigenvalue weighted by molar-refractivity contribution is -0.0189. The van der Waals surface area contributed by atoms with Gasteiger partial charge in [-0.3, -0.25) is 0 Å². The fourth-order valence-corrected chi connectivity index (χ4v) is 5.09. The van der Waals surface area contributed by atoms with E-state index >= 15 is 0 Å². The summed E-state index contributed by atoms with van der Waals surface area (Å²) in [6.45, 7) is 2.08. The number of aromatic nitrogens is 1. The molecule has 0 fully saturated rings. The molecule has 5 aromatic rings. The molecule has 0 radical (unpaired) electrons. The molecule has 7 rings (SSSR count). The molecule has 2 atom stereocenters. The number of ether oxygens (including phenoxy) is 1. The molecule has 0 saturated heterocycles. The predicted octanol–water partition coefficient (Wildman–Crippen LogP) is 7.05. The molecule has 4 aromatic carbocycles. The Hall–Kier alpha value is -4.38. The molecule has 0 amide bonds. The van der Waals surface area contributed by atoms with E-state index in [1.807, 2.05) is 18.2 Å². The van der Waals surface area contributed by atoms with E-state index in [0.717, 1.165) is 51.2 Å². The minimum atomic E-state index is -0.346. The maximum atomic E-state index is 6.57. The SMILES string of the molecule is Cc1ccc(-c2onc3ccc([C@@H]4Oc5ccccc5[C@H]5CC(c6ccccc6)=NN54)cc23)cc1. The van der Waals surface area contributed by atoms with Crippen LogP contribution in [-0.2, 0) is 0 Å². The summed E-state index contributed by atoms with van der Waals surface area (Å²) in [7, 11) is 0. The van der Waals surface area contributed by atoms with Gasteiger partial charge in [0.1, 0.15) is 11.3 Å². The third-order valence-electron chi connectivity index (χ3n) is 6.91. The third-order valence-corrected chi connectivity index (χ3v) is 6.91. The first-order chi connectivity index (χ1) is 17.2. The summed E-state index contributed by atoms with van der Waals surface area (Å²) in [5.41, 5.74) is 7.46. The van der Waals surface area contributed by atoms with Crippen molar-refractivity contribution >= 4 is 16.6 Å². The van der Waals surface area contributed by atoms with Gasteiger partial charge in [-0.2, -0.15) is 5.10 Å². The van der Waals surface area contributed by atoms with Crippen molar-refractivity contribution in [3.8, 4) is 17.1 Å². The molecule has 1 aromatic heterocycles. The minimum absolute atomic E-state index is 0.120. The Balaban J connectivity index is 1.34. The Morgan fingerprint density at radius 2 is 1.63 bits per heavy atom. The Morgan fingerprint density at radius 3 is 2.49 bits per heavy atom. The van der Waals surface area contributed by atoms with Crippen molar-refractivity contribution < 1.29 is 9.26 Å². The van der Waals surface area contributed by atoms with E-state index in [9.17, 15) is 0 Å². The maximum Gasteiger partial charge on any atom is 0.213 e. The number of hydrogen-bond acceptors (Lipinski definition) is 5. The Morgan fingerprint density at radius 1 is 0.829 bits per heavy atom. The summed E-state index contributed by atoms with van der Waals surface area (Å²) >= 11 is 0. The molecular formula is C30H23N3O2. The Kier molecular flexibility index (Phi) is 4.49. The highest BCUT2D eigenvalue weighted by Crippen LogP contribution is 2.48. The van der Waals surface area contributed by atoms with Crippen LogP contribution in [0, 0.1) is 6.92 Å². The summed E-state index contributed by atoms with van der Waals surface area (Å²) in [6, 6.07) is 33.3. The number of fused-ring (bicyclic) bond motifs is 4. The van der Waals surface area contributed by atoms with E-state index in [1.165, 1.54) is 11.1 Å². The highest BCUT2D eigenvalue weighted by molar-refractivity contribution is 6.02. The van der Waals surface area contributed by atoms with Gasteiger partial charge in [0.15, 0.2) is 5.76 Å². The van der Waals surface area contributed by atoms with Gasteiger partial charge < -0.3 is 9.26 Å². The van der Waals surface area contributed by atoms with E-state index < -0.39 is 0 Å². The smallest absolute Gasteiger partial charge is 0.213 e. The summed E-state index contributed by atoms with van der Waals surface area (Å²) < 4.78 is 12.3. The second-order valence-electron chi connectivity index (χ2n) is 9.17. The normalized spacial score (nSPS) is 18.7. The zero-order chi connectivity index (χ0) is 23.4. The lowest BCUT2D eigenvalue weighted by Gasteiger charge is -2.38. The minimum Gasteiger partial charge on any atom is -0.464 e. The van der Waals surface area contributed by atoms with Crippen molar-refractivity contribution in [3.63, 3.8) is 0 Å². The molecular weight excluding hydrogens is 434 g/mol. The van der Waals surface area contributed by atoms with Crippen molar-refractivity contribution in [2.75, 3.05) is 0 Å². The topological polar surface area (TPSA) is 50.9 Å². The van der Waals surface area contributed by atoms with Crippen LogP contribution in [0.3, 0.4) is 0 Å². The molecule has 0 aliphatic carbocycles. The maximum absolute atomic E-state index is 6.57. The van der Waals surface area contributed by atoms with Crippen LogP contribution >= 0.6 is 0 Å². The number of benzene rings is 4. The first kappa shape index (κ1) is 20.0. The van der Waals surface area contributed by atoms with Crippen LogP contribution < -0.4 is 4.74 Å². The lowest BCUT2D eigenvalue weighted by Crippen LogP contribution is -2.33. The average Bonchev–Trinajstić information content (AvgIpc) is 3.54. The Bertz CT molecular complexity index is 1570. The molecule has 5 heteroatoms. The fourth-order valence-electron chi connectivity index (χ4n) is 5.09. The van der Waals surface area contributed by atoms with Gasteiger partial charge in [-0.05, 0) is 30.7 Å². The highest BCUT2D eigenvalue weighted by atomic mass is 16.5. The number of nitrogens with zero attached hydrogens (tertiary/aromatic N) is 3. The van der Waals surface area contributed by atoms with E-state index in [2.05, 4.69) is 96.0 Å². The van der Waals surface area contributed by atoms with E-state index in [0.29, 0.717) is 0 Å². The molecule has 0 unspecified atom stereocenters. The second-order valence-corrected chi connectivity index (χ2v) is 9.17. The highest BCUT2D eigenvalue weighted by Gasteiger charge is 2.41. The predicted molar refractivity (Wildman–Crippen MR) is 136 cm³/mol. The van der Waals surface area contributed by atoms with Gasteiger partial charge in [-0.15, -0.1) is 0 Å². The largest absolute Gasteiger partial charge is 0.464 e. The van der Waals surface area contributed by atoms with Gasteiger partial charge in [0, 0.05) is 23.1 Å². The van der Waals surface area contributed by atoms with Crippen molar-refractivity contribution in [2.45, 2.75) is 25.6 Å². The summed E-state index contributed by atoms with van der Waals surface area (Å²) in [5.74, 6) is 1.68. The van der Waals surface area contributed by atoms with Crippen molar-refractivity contribution in [3.05, 3.63) is 119 Å². The standard InChI is InChI=1S/C30H23N3O2/c1-19-11-13-21(14-12-19)29-24-17-22(15-16-25(24)32-35-29)30-33-27(23-9-5-6-10-28(23)34-30)18-26(31-33)20-7-3-2-4-8-20/h2-17,27,30H,18H2,1H3/t27-,30+/m1/s1. The van der Waals surface area contributed by atoms with Crippen molar-refractivity contribution in [1.82, 2.24) is 10.2 Å². The summed E-state index contributed by atoms with van der Waals surface area (Å²) in [6.07, 6.45) is 0.492. The zero-order valence-corrected chi connectivity index (χ0v) is 19.3. The van der Waals surface area contributed by atoms with Crippen molar-refractivity contribution in [2.24, 2.45) is 5.10 Å². The van der Waals surface area contributed by atoms with Gasteiger partial charge in [0.05, 0.1) is 17.1 Å². The fraction of sp³-hybridized carbons (Fsp3) is 0.133. The van der Waals surface area contributed by atoms with Gasteiger partial charge in [-0.1, -0.05) is 89.6 Å². The zero-order valence-electron chi connectivity index (χ0n) is 19.3. The third kappa shape index (κ3) is 3.31. The average molecular weight is 458 g/mol. The lowest BCUT2D eigenvalue weighted by atomic mass is 9.95. The number of para-hydroxylation sites is 1. The van der Waals surface area contributed by atoms with Gasteiger partial charge in [0.25, 0.3) is 0 Å². The van der Waals surface area contributed by atoms with Crippen molar-refractivity contribution in [1.29, 1.82) is 0 Å². The molecule has 2 aliphatic heterocycles. The van der Waals surface area contributed by atoms with Crippen LogP contribution in [0.1, 0.15) is 40.9 Å². The monoisotopic (exact) mass is 457 g/mol. The first-order valence-electron chi connectivity index (χ1n) is 11.9. The van der Waals surface area contributed by atoms with Crippen LogP contribution in [0.25, 0.3) is 22.2 Å². The molecule has 0 spiro atoms. The number of hydrogen-bond donors (Lipinski definition) is 0. The number of rotatable bonds is 3. The Labute approximate surface area is 203 Å². The van der Waals surface area contributed by atoms with Gasteiger partial charge in [-0.25, -0.2) is 5.01 Å². The van der Waals surface area contributed by atoms with Gasteiger partial charge in [0.2, 0.25) is 6.23 Å². The van der Waals surface area contributed by atoms with Crippen LogP contribution in [0.5, 0.6) is 5.75 Å². The van der Waals surface area contributed by atoms with Gasteiger partial charge >= 0.3 is 0 Å².